The Balaban J connectivity index is 1.90. The van der Waals surface area contributed by atoms with Gasteiger partial charge in [-0.1, -0.05) is 18.2 Å². The van der Waals surface area contributed by atoms with Crippen LogP contribution in [-0.4, -0.2) is 53.0 Å². The van der Waals surface area contributed by atoms with Crippen LogP contribution in [0.1, 0.15) is 16.7 Å². The van der Waals surface area contributed by atoms with Crippen molar-refractivity contribution in [1.82, 2.24) is 0 Å². The summed E-state index contributed by atoms with van der Waals surface area (Å²) in [5, 5.41) is 21.7. The maximum absolute atomic E-state index is 12.5. The molecule has 0 bridgehead atoms. The molecule has 10 heteroatoms. The summed E-state index contributed by atoms with van der Waals surface area (Å²) < 4.78 is 31.9. The molecular weight excluding hydrogens is 492 g/mol. The SMILES string of the molecule is COc1ccc(COC(=O)Nc2cc(/C(C=N)=C(/O)c3cc(OC)c(OC)c(OC)c3)ccc2OC)cc1. The topological polar surface area (TPSA) is 129 Å². The number of hydrogen-bond donors (Lipinski definition) is 3. The van der Waals surface area contributed by atoms with Crippen molar-refractivity contribution in [2.24, 2.45) is 0 Å². The van der Waals surface area contributed by atoms with Crippen molar-refractivity contribution in [1.29, 1.82) is 5.41 Å². The molecule has 0 atom stereocenters. The van der Waals surface area contributed by atoms with Gasteiger partial charge in [0.1, 0.15) is 23.9 Å². The predicted molar refractivity (Wildman–Crippen MR) is 144 cm³/mol. The van der Waals surface area contributed by atoms with Crippen molar-refractivity contribution < 1.29 is 38.3 Å². The lowest BCUT2D eigenvalue weighted by molar-refractivity contribution is 0.155. The number of carbonyl (C=O) groups excluding carboxylic acids is 1. The summed E-state index contributed by atoms with van der Waals surface area (Å²) in [5.41, 5.74) is 2.03. The van der Waals surface area contributed by atoms with Gasteiger partial charge in [-0.05, 0) is 47.5 Å². The molecule has 0 aromatic heterocycles. The highest BCUT2D eigenvalue weighted by Crippen LogP contribution is 2.41. The predicted octanol–water partition coefficient (Wildman–Crippen LogP) is 5.55. The number of aliphatic hydroxyl groups is 1. The van der Waals surface area contributed by atoms with Gasteiger partial charge in [0, 0.05) is 17.4 Å². The third-order valence-electron chi connectivity index (χ3n) is 5.61. The van der Waals surface area contributed by atoms with E-state index in [1.54, 1.807) is 61.7 Å². The van der Waals surface area contributed by atoms with Crippen LogP contribution in [0.15, 0.2) is 54.6 Å². The molecule has 0 radical (unpaired) electrons. The second-order valence-electron chi connectivity index (χ2n) is 7.78. The molecule has 10 nitrogen and oxygen atoms in total. The van der Waals surface area contributed by atoms with Crippen molar-refractivity contribution >= 4 is 29.3 Å². The van der Waals surface area contributed by atoms with Crippen molar-refractivity contribution in [2.75, 3.05) is 40.9 Å². The first kappa shape index (κ1) is 27.7. The average molecular weight is 523 g/mol. The number of allylic oxidation sites excluding steroid dienone is 1. The monoisotopic (exact) mass is 522 g/mol. The van der Waals surface area contributed by atoms with Crippen LogP contribution in [0, 0.1) is 5.41 Å². The van der Waals surface area contributed by atoms with E-state index < -0.39 is 6.09 Å². The zero-order valence-corrected chi connectivity index (χ0v) is 21.8. The molecule has 0 unspecified atom stereocenters. The molecule has 3 N–H and O–H groups in total. The van der Waals surface area contributed by atoms with Gasteiger partial charge in [0.2, 0.25) is 5.75 Å². The molecule has 0 spiro atoms. The lowest BCUT2D eigenvalue weighted by Crippen LogP contribution is -2.14. The number of hydrogen-bond acceptors (Lipinski definition) is 9. The minimum Gasteiger partial charge on any atom is -0.507 e. The Bertz CT molecular complexity index is 1290. The third kappa shape index (κ3) is 6.28. The number of amides is 1. The van der Waals surface area contributed by atoms with Gasteiger partial charge in [-0.2, -0.15) is 0 Å². The standard InChI is InChI=1S/C28H30N2O8/c1-33-20-9-6-17(7-10-20)16-38-28(32)30-22-12-18(8-11-23(22)34-2)21(15-29)26(31)19-13-24(35-3)27(37-5)25(14-19)36-4/h6-15,29,31H,16H2,1-5H3,(H,30,32)/b26-21+,29-15?. The molecule has 0 heterocycles. The second-order valence-corrected chi connectivity index (χ2v) is 7.78. The molecule has 0 fully saturated rings. The van der Waals surface area contributed by atoms with Gasteiger partial charge in [-0.25, -0.2) is 4.79 Å². The number of ether oxygens (including phenoxy) is 6. The van der Waals surface area contributed by atoms with Crippen LogP contribution in [0.25, 0.3) is 11.3 Å². The Hall–Kier alpha value is -4.86. The first-order valence-corrected chi connectivity index (χ1v) is 11.4. The van der Waals surface area contributed by atoms with E-state index >= 15 is 0 Å². The Labute approximate surface area is 220 Å². The summed E-state index contributed by atoms with van der Waals surface area (Å²) in [6.45, 7) is 0.0470. The lowest BCUT2D eigenvalue weighted by atomic mass is 10.00. The van der Waals surface area contributed by atoms with Gasteiger partial charge in [0.25, 0.3) is 0 Å². The van der Waals surface area contributed by atoms with Crippen LogP contribution in [-0.2, 0) is 11.3 Å². The minimum absolute atomic E-state index is 0.0470. The number of aliphatic hydroxyl groups excluding tert-OH is 1. The molecule has 0 aliphatic rings. The molecule has 3 rings (SSSR count). The van der Waals surface area contributed by atoms with E-state index in [0.717, 1.165) is 11.8 Å². The van der Waals surface area contributed by atoms with E-state index in [0.29, 0.717) is 45.6 Å². The number of carbonyl (C=O) groups is 1. The molecule has 0 saturated heterocycles. The van der Waals surface area contributed by atoms with Gasteiger partial charge >= 0.3 is 6.09 Å². The molecule has 1 amide bonds. The van der Waals surface area contributed by atoms with E-state index in [2.05, 4.69) is 5.32 Å². The summed E-state index contributed by atoms with van der Waals surface area (Å²) in [7, 11) is 7.45. The normalized spacial score (nSPS) is 11.1. The van der Waals surface area contributed by atoms with E-state index in [-0.39, 0.29) is 17.9 Å². The molecular formula is C28H30N2O8. The highest BCUT2D eigenvalue weighted by atomic mass is 16.5. The number of methoxy groups -OCH3 is 5. The van der Waals surface area contributed by atoms with Crippen molar-refractivity contribution in [3.63, 3.8) is 0 Å². The summed E-state index contributed by atoms with van der Waals surface area (Å²) >= 11 is 0. The molecule has 0 saturated carbocycles. The highest BCUT2D eigenvalue weighted by molar-refractivity contribution is 6.17. The zero-order chi connectivity index (χ0) is 27.7. The van der Waals surface area contributed by atoms with Gasteiger partial charge in [-0.3, -0.25) is 5.32 Å². The Kier molecular flexibility index (Phi) is 9.42. The average Bonchev–Trinajstić information content (AvgIpc) is 2.95. The molecule has 38 heavy (non-hydrogen) atoms. The van der Waals surface area contributed by atoms with Crippen LogP contribution in [0.4, 0.5) is 10.5 Å². The van der Waals surface area contributed by atoms with E-state index in [1.807, 2.05) is 0 Å². The number of nitrogens with one attached hydrogen (secondary N) is 2. The Morgan fingerprint density at radius 1 is 0.816 bits per heavy atom. The van der Waals surface area contributed by atoms with E-state index in [4.69, 9.17) is 33.8 Å². The molecule has 0 aliphatic heterocycles. The number of rotatable bonds is 11. The smallest absolute Gasteiger partial charge is 0.412 e. The molecule has 0 aliphatic carbocycles. The van der Waals surface area contributed by atoms with Crippen LogP contribution >= 0.6 is 0 Å². The summed E-state index contributed by atoms with van der Waals surface area (Å²) in [4.78, 5) is 12.5. The van der Waals surface area contributed by atoms with Gasteiger partial charge in [-0.15, -0.1) is 0 Å². The Morgan fingerprint density at radius 2 is 1.45 bits per heavy atom. The fraction of sp³-hybridized carbons (Fsp3) is 0.214. The zero-order valence-electron chi connectivity index (χ0n) is 21.8. The first-order valence-electron chi connectivity index (χ1n) is 11.4. The largest absolute Gasteiger partial charge is 0.507 e. The summed E-state index contributed by atoms with van der Waals surface area (Å²) in [6, 6.07) is 15.1. The third-order valence-corrected chi connectivity index (χ3v) is 5.61. The van der Waals surface area contributed by atoms with Crippen LogP contribution in [0.5, 0.6) is 28.7 Å². The maximum atomic E-state index is 12.5. The quantitative estimate of drug-likeness (QED) is 0.170. The van der Waals surface area contributed by atoms with Crippen LogP contribution in [0.2, 0.25) is 0 Å². The van der Waals surface area contributed by atoms with Gasteiger partial charge < -0.3 is 38.9 Å². The maximum Gasteiger partial charge on any atom is 0.412 e. The van der Waals surface area contributed by atoms with Crippen LogP contribution in [0.3, 0.4) is 0 Å². The fourth-order valence-corrected chi connectivity index (χ4v) is 3.65. The van der Waals surface area contributed by atoms with E-state index in [9.17, 15) is 9.90 Å². The fourth-order valence-electron chi connectivity index (χ4n) is 3.65. The molecule has 3 aromatic carbocycles. The van der Waals surface area contributed by atoms with Gasteiger partial charge in [0.15, 0.2) is 11.5 Å². The van der Waals surface area contributed by atoms with Gasteiger partial charge in [0.05, 0.1) is 41.2 Å². The van der Waals surface area contributed by atoms with Crippen molar-refractivity contribution in [3.8, 4) is 28.7 Å². The lowest BCUT2D eigenvalue weighted by Gasteiger charge is -2.16. The second kappa shape index (κ2) is 12.9. The first-order chi connectivity index (χ1) is 18.4. The number of benzene rings is 3. The van der Waals surface area contributed by atoms with Crippen molar-refractivity contribution in [3.05, 3.63) is 71.3 Å². The minimum atomic E-state index is -0.703. The number of anilines is 1. The van der Waals surface area contributed by atoms with Crippen molar-refractivity contribution in [2.45, 2.75) is 6.61 Å². The van der Waals surface area contributed by atoms with Crippen LogP contribution < -0.4 is 29.0 Å². The van der Waals surface area contributed by atoms with E-state index in [1.165, 1.54) is 28.4 Å². The Morgan fingerprint density at radius 3 is 1.97 bits per heavy atom. The summed E-state index contributed by atoms with van der Waals surface area (Å²) in [5.74, 6) is 1.91. The molecule has 3 aromatic rings. The highest BCUT2D eigenvalue weighted by Gasteiger charge is 2.19. The summed E-state index contributed by atoms with van der Waals surface area (Å²) in [6.07, 6.45) is 0.303. The molecule has 200 valence electrons.